The van der Waals surface area contributed by atoms with Gasteiger partial charge in [0.2, 0.25) is 0 Å². The molecule has 0 spiro atoms. The maximum Gasteiger partial charge on any atom is 0.296 e. The van der Waals surface area contributed by atoms with Crippen LogP contribution in [0.15, 0.2) is 12.1 Å². The van der Waals surface area contributed by atoms with Crippen LogP contribution in [0.2, 0.25) is 5.02 Å². The van der Waals surface area contributed by atoms with Gasteiger partial charge in [-0.2, -0.15) is 0 Å². The molecule has 1 N–H and O–H groups in total. The van der Waals surface area contributed by atoms with Crippen molar-refractivity contribution in [2.75, 3.05) is 5.32 Å². The lowest BCUT2D eigenvalue weighted by Crippen LogP contribution is -2.12. The smallest absolute Gasteiger partial charge is 0.296 e. The second kappa shape index (κ2) is 2.57. The van der Waals surface area contributed by atoms with Gasteiger partial charge in [-0.1, -0.05) is 17.7 Å². The number of Topliss-reactive ketones (excluding diaryl/α,β-unsaturated/α-hetero) is 1. The van der Waals surface area contributed by atoms with Crippen LogP contribution in [0.3, 0.4) is 0 Å². The maximum absolute atomic E-state index is 11.3. The van der Waals surface area contributed by atoms with Gasteiger partial charge < -0.3 is 5.32 Å². The zero-order valence-corrected chi connectivity index (χ0v) is 7.61. The fraction of sp³-hybridized carbons (Fsp3) is 0.111. The van der Waals surface area contributed by atoms with Crippen LogP contribution in [-0.4, -0.2) is 11.7 Å². The molecule has 66 valence electrons. The van der Waals surface area contributed by atoms with E-state index in [1.165, 1.54) is 0 Å². The third-order valence-electron chi connectivity index (χ3n) is 2.03. The third-order valence-corrected chi connectivity index (χ3v) is 2.35. The van der Waals surface area contributed by atoms with E-state index in [9.17, 15) is 9.59 Å². The van der Waals surface area contributed by atoms with Gasteiger partial charge in [0, 0.05) is 0 Å². The highest BCUT2D eigenvalue weighted by atomic mass is 35.5. The number of fused-ring (bicyclic) bond motifs is 1. The van der Waals surface area contributed by atoms with Gasteiger partial charge in [-0.15, -0.1) is 0 Å². The normalized spacial score (nSPS) is 14.3. The molecular weight excluding hydrogens is 190 g/mol. The van der Waals surface area contributed by atoms with Crippen LogP contribution < -0.4 is 5.32 Å². The van der Waals surface area contributed by atoms with E-state index in [0.29, 0.717) is 16.3 Å². The summed E-state index contributed by atoms with van der Waals surface area (Å²) in [6.45, 7) is 1.77. The van der Waals surface area contributed by atoms with Crippen LogP contribution in [-0.2, 0) is 4.79 Å². The Morgan fingerprint density at radius 1 is 1.31 bits per heavy atom. The number of hydrogen-bond donors (Lipinski definition) is 1. The molecule has 1 aliphatic rings. The molecular formula is C9H6ClNO2. The lowest BCUT2D eigenvalue weighted by atomic mass is 10.1. The Morgan fingerprint density at radius 2 is 2.00 bits per heavy atom. The first-order valence-corrected chi connectivity index (χ1v) is 4.14. The molecule has 0 unspecified atom stereocenters. The van der Waals surface area contributed by atoms with Crippen LogP contribution >= 0.6 is 11.6 Å². The number of hydrogen-bond acceptors (Lipinski definition) is 2. The SMILES string of the molecule is Cc1ccc(Cl)c2c1C(=O)C(=O)N2. The molecule has 1 heterocycles. The van der Waals surface area contributed by atoms with Crippen LogP contribution in [0.1, 0.15) is 15.9 Å². The zero-order valence-electron chi connectivity index (χ0n) is 6.85. The number of carbonyl (C=O) groups is 2. The Bertz CT molecular complexity index is 426. The Balaban J connectivity index is 2.75. The first kappa shape index (κ1) is 8.26. The number of carbonyl (C=O) groups excluding carboxylic acids is 2. The topological polar surface area (TPSA) is 46.2 Å². The molecule has 0 aliphatic carbocycles. The van der Waals surface area contributed by atoms with Gasteiger partial charge in [0.25, 0.3) is 11.7 Å². The molecule has 1 aliphatic heterocycles. The summed E-state index contributed by atoms with van der Waals surface area (Å²) in [6, 6.07) is 3.38. The average molecular weight is 196 g/mol. The van der Waals surface area contributed by atoms with Crippen molar-refractivity contribution < 1.29 is 9.59 Å². The summed E-state index contributed by atoms with van der Waals surface area (Å²) in [7, 11) is 0. The molecule has 13 heavy (non-hydrogen) atoms. The standard InChI is InChI=1S/C9H6ClNO2/c1-4-2-3-5(10)7-6(4)8(12)9(13)11-7/h2-3H,1H3,(H,11,12,13). The van der Waals surface area contributed by atoms with E-state index in [2.05, 4.69) is 5.32 Å². The van der Waals surface area contributed by atoms with Crippen molar-refractivity contribution in [2.45, 2.75) is 6.92 Å². The van der Waals surface area contributed by atoms with Crippen LogP contribution in [0.5, 0.6) is 0 Å². The summed E-state index contributed by atoms with van der Waals surface area (Å²) in [6.07, 6.45) is 0. The summed E-state index contributed by atoms with van der Waals surface area (Å²) in [5.41, 5.74) is 1.61. The first-order valence-electron chi connectivity index (χ1n) is 3.76. The molecule has 0 aromatic heterocycles. The summed E-state index contributed by atoms with van der Waals surface area (Å²) < 4.78 is 0. The van der Waals surface area contributed by atoms with E-state index in [-0.39, 0.29) is 0 Å². The molecule has 0 saturated carbocycles. The van der Waals surface area contributed by atoms with Gasteiger partial charge in [0.1, 0.15) is 0 Å². The molecule has 0 bridgehead atoms. The second-order valence-electron chi connectivity index (χ2n) is 2.90. The average Bonchev–Trinajstić information content (AvgIpc) is 2.38. The maximum atomic E-state index is 11.3. The molecule has 1 amide bonds. The van der Waals surface area contributed by atoms with Crippen molar-refractivity contribution in [3.8, 4) is 0 Å². The lowest BCUT2D eigenvalue weighted by molar-refractivity contribution is -0.112. The van der Waals surface area contributed by atoms with E-state index in [0.717, 1.165) is 5.56 Å². The molecule has 3 nitrogen and oxygen atoms in total. The fourth-order valence-corrected chi connectivity index (χ4v) is 1.58. The molecule has 2 rings (SSSR count). The minimum Gasteiger partial charge on any atom is -0.317 e. The van der Waals surface area contributed by atoms with E-state index < -0.39 is 11.7 Å². The van der Waals surface area contributed by atoms with Crippen molar-refractivity contribution >= 4 is 29.0 Å². The summed E-state index contributed by atoms with van der Waals surface area (Å²) in [5, 5.41) is 2.84. The van der Waals surface area contributed by atoms with Gasteiger partial charge >= 0.3 is 0 Å². The van der Waals surface area contributed by atoms with Crippen molar-refractivity contribution in [2.24, 2.45) is 0 Å². The molecule has 1 aromatic carbocycles. The van der Waals surface area contributed by atoms with Crippen molar-refractivity contribution in [1.29, 1.82) is 0 Å². The number of ketones is 1. The van der Waals surface area contributed by atoms with Crippen molar-refractivity contribution in [3.63, 3.8) is 0 Å². The molecule has 0 fully saturated rings. The lowest BCUT2D eigenvalue weighted by Gasteiger charge is -2.02. The highest BCUT2D eigenvalue weighted by molar-refractivity contribution is 6.53. The van der Waals surface area contributed by atoms with Gasteiger partial charge in [0.05, 0.1) is 16.3 Å². The van der Waals surface area contributed by atoms with E-state index in [4.69, 9.17) is 11.6 Å². The molecule has 0 atom stereocenters. The number of nitrogens with one attached hydrogen (secondary N) is 1. The van der Waals surface area contributed by atoms with Crippen molar-refractivity contribution in [3.05, 3.63) is 28.3 Å². The predicted molar refractivity (Wildman–Crippen MR) is 49.1 cm³/mol. The Labute approximate surface area is 79.7 Å². The van der Waals surface area contributed by atoms with Crippen molar-refractivity contribution in [1.82, 2.24) is 0 Å². The number of aryl methyl sites for hydroxylation is 1. The number of anilines is 1. The third kappa shape index (κ3) is 1.04. The van der Waals surface area contributed by atoms with Crippen LogP contribution in [0.4, 0.5) is 5.69 Å². The molecule has 1 aromatic rings. The summed E-state index contributed by atoms with van der Waals surface area (Å²) >= 11 is 5.81. The van der Waals surface area contributed by atoms with Crippen LogP contribution in [0, 0.1) is 6.92 Å². The summed E-state index contributed by atoms with van der Waals surface area (Å²) in [5.74, 6) is -1.11. The van der Waals surface area contributed by atoms with Crippen LogP contribution in [0.25, 0.3) is 0 Å². The van der Waals surface area contributed by atoms with E-state index >= 15 is 0 Å². The second-order valence-corrected chi connectivity index (χ2v) is 3.30. The Hall–Kier alpha value is -1.35. The molecule has 0 radical (unpaired) electrons. The van der Waals surface area contributed by atoms with Gasteiger partial charge in [-0.05, 0) is 18.6 Å². The minimum atomic E-state index is -0.605. The van der Waals surface area contributed by atoms with Gasteiger partial charge in [-0.25, -0.2) is 0 Å². The quantitative estimate of drug-likeness (QED) is 0.642. The Morgan fingerprint density at radius 3 is 2.62 bits per heavy atom. The number of benzene rings is 1. The number of halogens is 1. The number of amides is 1. The fourth-order valence-electron chi connectivity index (χ4n) is 1.38. The highest BCUT2D eigenvalue weighted by Gasteiger charge is 2.31. The van der Waals surface area contributed by atoms with E-state index in [1.54, 1.807) is 19.1 Å². The van der Waals surface area contributed by atoms with E-state index in [1.807, 2.05) is 0 Å². The van der Waals surface area contributed by atoms with Gasteiger partial charge in [0.15, 0.2) is 0 Å². The molecule has 0 saturated heterocycles. The largest absolute Gasteiger partial charge is 0.317 e. The highest BCUT2D eigenvalue weighted by Crippen LogP contribution is 2.32. The monoisotopic (exact) mass is 195 g/mol. The first-order chi connectivity index (χ1) is 6.11. The zero-order chi connectivity index (χ0) is 9.59. The summed E-state index contributed by atoms with van der Waals surface area (Å²) in [4.78, 5) is 22.3. The number of rotatable bonds is 0. The van der Waals surface area contributed by atoms with Gasteiger partial charge in [-0.3, -0.25) is 9.59 Å². The molecule has 4 heteroatoms. The Kier molecular flexibility index (Phi) is 1.63. The predicted octanol–water partition coefficient (Wildman–Crippen LogP) is 1.78. The minimum absolute atomic E-state index is 0.400.